The average molecular weight is 265 g/mol. The molecule has 0 atom stereocenters. The van der Waals surface area contributed by atoms with Gasteiger partial charge in [0.2, 0.25) is 0 Å². The third-order valence-corrected chi connectivity index (χ3v) is 2.47. The van der Waals surface area contributed by atoms with Gasteiger partial charge in [-0.2, -0.15) is 0 Å². The summed E-state index contributed by atoms with van der Waals surface area (Å²) in [6.45, 7) is 3.81. The van der Waals surface area contributed by atoms with Gasteiger partial charge in [0.25, 0.3) is 0 Å². The molecule has 6 heteroatoms. The third kappa shape index (κ3) is 6.40. The van der Waals surface area contributed by atoms with Gasteiger partial charge in [0.05, 0.1) is 6.42 Å². The van der Waals surface area contributed by atoms with Crippen LogP contribution in [0.2, 0.25) is 0 Å². The van der Waals surface area contributed by atoms with E-state index in [1.807, 2.05) is 12.1 Å². The van der Waals surface area contributed by atoms with Crippen LogP contribution >= 0.6 is 0 Å². The van der Waals surface area contributed by atoms with Gasteiger partial charge in [0.1, 0.15) is 0 Å². The monoisotopic (exact) mass is 265 g/mol. The van der Waals surface area contributed by atoms with Gasteiger partial charge in [-0.3, -0.25) is 9.78 Å². The number of carboxylic acids is 1. The van der Waals surface area contributed by atoms with E-state index in [4.69, 9.17) is 5.11 Å². The molecule has 19 heavy (non-hydrogen) atoms. The van der Waals surface area contributed by atoms with Crippen molar-refractivity contribution in [1.29, 1.82) is 0 Å². The van der Waals surface area contributed by atoms with Gasteiger partial charge in [0, 0.05) is 24.5 Å². The average Bonchev–Trinajstić information content (AvgIpc) is 2.27. The first-order valence-electron chi connectivity index (χ1n) is 6.06. The van der Waals surface area contributed by atoms with E-state index in [1.165, 1.54) is 0 Å². The van der Waals surface area contributed by atoms with Crippen LogP contribution in [-0.4, -0.2) is 34.2 Å². The van der Waals surface area contributed by atoms with Gasteiger partial charge in [-0.05, 0) is 31.9 Å². The van der Waals surface area contributed by atoms with E-state index >= 15 is 0 Å². The highest BCUT2D eigenvalue weighted by Crippen LogP contribution is 2.07. The zero-order chi connectivity index (χ0) is 14.3. The Labute approximate surface area is 112 Å². The molecule has 0 radical (unpaired) electrons. The van der Waals surface area contributed by atoms with Crippen LogP contribution in [0.25, 0.3) is 0 Å². The summed E-state index contributed by atoms with van der Waals surface area (Å²) in [5, 5.41) is 14.0. The Balaban J connectivity index is 2.30. The molecule has 3 N–H and O–H groups in total. The second-order valence-electron chi connectivity index (χ2n) is 4.95. The molecule has 104 valence electrons. The summed E-state index contributed by atoms with van der Waals surface area (Å²) in [5.74, 6) is -0.944. The second kappa shape index (κ2) is 6.72. The maximum Gasteiger partial charge on any atom is 0.315 e. The number of pyridine rings is 1. The van der Waals surface area contributed by atoms with Crippen LogP contribution in [0, 0.1) is 0 Å². The number of aromatic nitrogens is 1. The van der Waals surface area contributed by atoms with Crippen molar-refractivity contribution < 1.29 is 14.7 Å². The van der Waals surface area contributed by atoms with Gasteiger partial charge >= 0.3 is 12.0 Å². The minimum Gasteiger partial charge on any atom is -0.481 e. The number of nitrogens with one attached hydrogen (secondary N) is 2. The lowest BCUT2D eigenvalue weighted by Gasteiger charge is -2.24. The highest BCUT2D eigenvalue weighted by atomic mass is 16.4. The van der Waals surface area contributed by atoms with Crippen molar-refractivity contribution >= 4 is 12.0 Å². The number of urea groups is 1. The summed E-state index contributed by atoms with van der Waals surface area (Å²) in [6.07, 6.45) is 4.00. The van der Waals surface area contributed by atoms with Crippen molar-refractivity contribution in [2.24, 2.45) is 0 Å². The van der Waals surface area contributed by atoms with Crippen LogP contribution in [-0.2, 0) is 11.2 Å². The molecule has 1 rings (SSSR count). The topological polar surface area (TPSA) is 91.3 Å². The Bertz CT molecular complexity index is 432. The molecule has 0 bridgehead atoms. The smallest absolute Gasteiger partial charge is 0.315 e. The maximum atomic E-state index is 11.6. The summed E-state index contributed by atoms with van der Waals surface area (Å²) in [6, 6.07) is 3.40. The molecule has 0 aliphatic carbocycles. The first-order valence-corrected chi connectivity index (χ1v) is 6.06. The van der Waals surface area contributed by atoms with E-state index in [9.17, 15) is 9.59 Å². The van der Waals surface area contributed by atoms with Crippen molar-refractivity contribution in [1.82, 2.24) is 15.6 Å². The Hall–Kier alpha value is -2.11. The standard InChI is InChI=1S/C13H19N3O3/c1-13(2,8-11(17)18)16-12(19)15-7-5-10-4-3-6-14-9-10/h3-4,6,9H,5,7-8H2,1-2H3,(H,17,18)(H2,15,16,19). The van der Waals surface area contributed by atoms with Gasteiger partial charge in [0.15, 0.2) is 0 Å². The number of hydrogen-bond acceptors (Lipinski definition) is 3. The molecule has 0 unspecified atom stereocenters. The lowest BCUT2D eigenvalue weighted by atomic mass is 10.0. The number of amides is 2. The van der Waals surface area contributed by atoms with Crippen LogP contribution in [0.5, 0.6) is 0 Å². The predicted molar refractivity (Wildman–Crippen MR) is 70.8 cm³/mol. The molecule has 0 fully saturated rings. The number of nitrogens with zero attached hydrogens (tertiary/aromatic N) is 1. The van der Waals surface area contributed by atoms with E-state index in [0.29, 0.717) is 13.0 Å². The summed E-state index contributed by atoms with van der Waals surface area (Å²) < 4.78 is 0. The van der Waals surface area contributed by atoms with Crippen molar-refractivity contribution in [3.05, 3.63) is 30.1 Å². The Morgan fingerprint density at radius 3 is 2.74 bits per heavy atom. The van der Waals surface area contributed by atoms with Crippen molar-refractivity contribution in [2.75, 3.05) is 6.54 Å². The van der Waals surface area contributed by atoms with E-state index < -0.39 is 11.5 Å². The van der Waals surface area contributed by atoms with E-state index in [2.05, 4.69) is 15.6 Å². The molecule has 1 aromatic heterocycles. The molecule has 0 aromatic carbocycles. The zero-order valence-corrected chi connectivity index (χ0v) is 11.1. The summed E-state index contributed by atoms with van der Waals surface area (Å²) >= 11 is 0. The number of aliphatic carboxylic acids is 1. The molecular weight excluding hydrogens is 246 g/mol. The molecule has 2 amide bonds. The molecular formula is C13H19N3O3. The molecule has 0 spiro atoms. The van der Waals surface area contributed by atoms with E-state index in [1.54, 1.807) is 26.2 Å². The zero-order valence-electron chi connectivity index (χ0n) is 11.1. The molecule has 0 aliphatic heterocycles. The van der Waals surface area contributed by atoms with E-state index in [0.717, 1.165) is 5.56 Å². The van der Waals surface area contributed by atoms with Crippen LogP contribution in [0.1, 0.15) is 25.8 Å². The lowest BCUT2D eigenvalue weighted by Crippen LogP contribution is -2.49. The molecule has 1 aromatic rings. The van der Waals surface area contributed by atoms with Crippen molar-refractivity contribution in [2.45, 2.75) is 32.2 Å². The van der Waals surface area contributed by atoms with Gasteiger partial charge in [-0.1, -0.05) is 6.07 Å². The third-order valence-electron chi connectivity index (χ3n) is 2.47. The largest absolute Gasteiger partial charge is 0.481 e. The highest BCUT2D eigenvalue weighted by molar-refractivity contribution is 5.76. The lowest BCUT2D eigenvalue weighted by molar-refractivity contribution is -0.138. The number of carbonyl (C=O) groups excluding carboxylic acids is 1. The quantitative estimate of drug-likeness (QED) is 0.720. The second-order valence-corrected chi connectivity index (χ2v) is 4.95. The molecule has 6 nitrogen and oxygen atoms in total. The number of carboxylic acid groups (broad SMARTS) is 1. The van der Waals surface area contributed by atoms with Crippen LogP contribution in [0.15, 0.2) is 24.5 Å². The molecule has 1 heterocycles. The molecule has 0 aliphatic rings. The fourth-order valence-electron chi connectivity index (χ4n) is 1.64. The molecule has 0 saturated heterocycles. The van der Waals surface area contributed by atoms with Crippen molar-refractivity contribution in [3.63, 3.8) is 0 Å². The fraction of sp³-hybridized carbons (Fsp3) is 0.462. The summed E-state index contributed by atoms with van der Waals surface area (Å²) in [4.78, 5) is 26.2. The Kier molecular flexibility index (Phi) is 5.29. The normalized spacial score (nSPS) is 10.8. The van der Waals surface area contributed by atoms with Crippen molar-refractivity contribution in [3.8, 4) is 0 Å². The van der Waals surface area contributed by atoms with Gasteiger partial charge < -0.3 is 15.7 Å². The van der Waals surface area contributed by atoms with Gasteiger partial charge in [-0.25, -0.2) is 4.79 Å². The minimum absolute atomic E-state index is 0.122. The first kappa shape index (κ1) is 14.9. The Morgan fingerprint density at radius 2 is 2.16 bits per heavy atom. The molecule has 0 saturated carbocycles. The summed E-state index contributed by atoms with van der Waals surface area (Å²) in [7, 11) is 0. The minimum atomic E-state index is -0.944. The SMILES string of the molecule is CC(C)(CC(=O)O)NC(=O)NCCc1cccnc1. The van der Waals surface area contributed by atoms with Crippen LogP contribution in [0.3, 0.4) is 0 Å². The van der Waals surface area contributed by atoms with Crippen LogP contribution < -0.4 is 10.6 Å². The maximum absolute atomic E-state index is 11.6. The predicted octanol–water partition coefficient (Wildman–Crippen LogP) is 1.18. The summed E-state index contributed by atoms with van der Waals surface area (Å²) in [5.41, 5.74) is 0.261. The Morgan fingerprint density at radius 1 is 1.42 bits per heavy atom. The van der Waals surface area contributed by atoms with Crippen LogP contribution in [0.4, 0.5) is 4.79 Å². The van der Waals surface area contributed by atoms with Gasteiger partial charge in [-0.15, -0.1) is 0 Å². The first-order chi connectivity index (χ1) is 8.89. The highest BCUT2D eigenvalue weighted by Gasteiger charge is 2.23. The number of rotatable bonds is 6. The fourth-order valence-corrected chi connectivity index (χ4v) is 1.64. The number of hydrogen-bond donors (Lipinski definition) is 3. The van der Waals surface area contributed by atoms with E-state index in [-0.39, 0.29) is 12.5 Å². The number of carbonyl (C=O) groups is 2.